The van der Waals surface area contributed by atoms with Gasteiger partial charge in [-0.2, -0.15) is 0 Å². The molecule has 0 spiro atoms. The minimum atomic E-state index is -1.42. The largest absolute Gasteiger partial charge is 0.367 e. The van der Waals surface area contributed by atoms with Crippen molar-refractivity contribution in [2.75, 3.05) is 6.66 Å². The molecule has 7 heteroatoms. The highest BCUT2D eigenvalue weighted by Crippen LogP contribution is 2.59. The van der Waals surface area contributed by atoms with E-state index in [9.17, 15) is 9.79 Å². The summed E-state index contributed by atoms with van der Waals surface area (Å²) in [5, 5.41) is 2.28. The van der Waals surface area contributed by atoms with Crippen molar-refractivity contribution in [2.45, 2.75) is 25.7 Å². The summed E-state index contributed by atoms with van der Waals surface area (Å²) < 4.78 is 0. The van der Waals surface area contributed by atoms with Crippen molar-refractivity contribution in [1.82, 2.24) is 0 Å². The van der Waals surface area contributed by atoms with Gasteiger partial charge in [-0.1, -0.05) is 54.4 Å². The van der Waals surface area contributed by atoms with Crippen LogP contribution in [0.25, 0.3) is 0 Å². The minimum Gasteiger partial charge on any atom is -0.367 e. The van der Waals surface area contributed by atoms with Gasteiger partial charge in [0.15, 0.2) is 0 Å². The summed E-state index contributed by atoms with van der Waals surface area (Å²) >= 11 is 12.3. The smallest absolute Gasteiger partial charge is 0.108 e. The Hall–Kier alpha value is -0.530. The van der Waals surface area contributed by atoms with Crippen molar-refractivity contribution < 1.29 is 14.6 Å². The van der Waals surface area contributed by atoms with E-state index in [1.807, 2.05) is 43.2 Å². The van der Waals surface area contributed by atoms with Crippen molar-refractivity contribution in [2.24, 2.45) is 0 Å². The Kier molecular flexibility index (Phi) is 10.1. The summed E-state index contributed by atoms with van der Waals surface area (Å²) in [4.78, 5) is 27.4. The van der Waals surface area contributed by atoms with Crippen LogP contribution in [0.3, 0.4) is 0 Å². The first-order chi connectivity index (χ1) is 11.9. The van der Waals surface area contributed by atoms with Gasteiger partial charge in [-0.05, 0) is 54.8 Å². The lowest BCUT2D eigenvalue weighted by atomic mass is 9.94. The molecule has 0 aromatic heterocycles. The Bertz CT molecular complexity index is 666. The number of hydrogen-bond acceptors (Lipinski definition) is 3. The van der Waals surface area contributed by atoms with E-state index in [2.05, 4.69) is 6.92 Å². The van der Waals surface area contributed by atoms with E-state index in [4.69, 9.17) is 28.0 Å². The summed E-state index contributed by atoms with van der Waals surface area (Å²) in [6.07, 6.45) is 1.89. The predicted molar refractivity (Wildman–Crippen MR) is 111 cm³/mol. The monoisotopic (exact) mass is 418 g/mol. The normalized spacial score (nSPS) is 14.2. The van der Waals surface area contributed by atoms with E-state index in [0.717, 1.165) is 28.7 Å². The number of hydrogen-bond donors (Lipinski definition) is 2. The second-order valence-corrected chi connectivity index (χ2v) is 11.3. The van der Waals surface area contributed by atoms with E-state index in [0.29, 0.717) is 10.9 Å². The molecule has 3 atom stereocenters. The molecule has 0 amide bonds. The SMILES string of the molecule is C=O.CC(CCc1ccc(P(O)P(C)O)cc1)c1cc(Cl)ccc1Cl. The van der Waals surface area contributed by atoms with Crippen molar-refractivity contribution in [1.29, 1.82) is 0 Å². The summed E-state index contributed by atoms with van der Waals surface area (Å²) in [5.74, 6) is 0.316. The van der Waals surface area contributed by atoms with E-state index in [1.54, 1.807) is 12.7 Å². The summed E-state index contributed by atoms with van der Waals surface area (Å²) in [7, 11) is -2.73. The molecule has 136 valence electrons. The van der Waals surface area contributed by atoms with Gasteiger partial charge in [0.05, 0.1) is 7.84 Å². The van der Waals surface area contributed by atoms with Gasteiger partial charge in [0, 0.05) is 15.3 Å². The van der Waals surface area contributed by atoms with Crippen LogP contribution in [-0.4, -0.2) is 23.2 Å². The Morgan fingerprint density at radius 2 is 1.68 bits per heavy atom. The van der Waals surface area contributed by atoms with Crippen molar-refractivity contribution >= 4 is 51.0 Å². The summed E-state index contributed by atoms with van der Waals surface area (Å²) in [6, 6.07) is 13.4. The fourth-order valence-corrected chi connectivity index (χ4v) is 5.03. The van der Waals surface area contributed by atoms with Gasteiger partial charge in [-0.25, -0.2) is 0 Å². The molecule has 2 aromatic carbocycles. The first-order valence-corrected chi connectivity index (χ1v) is 12.1. The lowest BCUT2D eigenvalue weighted by Crippen LogP contribution is -2.01. The second kappa shape index (κ2) is 11.2. The van der Waals surface area contributed by atoms with Crippen molar-refractivity contribution in [3.8, 4) is 0 Å². The van der Waals surface area contributed by atoms with Gasteiger partial charge in [-0.3, -0.25) is 0 Å². The maximum atomic E-state index is 9.93. The van der Waals surface area contributed by atoms with Crippen LogP contribution in [-0.2, 0) is 11.2 Å². The average molecular weight is 419 g/mol. The van der Waals surface area contributed by atoms with Crippen LogP contribution in [0.15, 0.2) is 42.5 Å². The Morgan fingerprint density at radius 1 is 1.08 bits per heavy atom. The molecule has 3 nitrogen and oxygen atoms in total. The van der Waals surface area contributed by atoms with Gasteiger partial charge >= 0.3 is 0 Å². The first-order valence-electron chi connectivity index (χ1n) is 7.62. The third-order valence-corrected chi connectivity index (χ3v) is 8.02. The molecule has 0 fully saturated rings. The Balaban J connectivity index is 0.00000151. The molecule has 2 aromatic rings. The number of carbonyl (C=O) groups excluding carboxylic acids is 1. The highest BCUT2D eigenvalue weighted by atomic mass is 35.5. The first kappa shape index (κ1) is 22.5. The van der Waals surface area contributed by atoms with Crippen LogP contribution in [0.1, 0.15) is 30.4 Å². The fourth-order valence-electron chi connectivity index (χ4n) is 2.39. The summed E-state index contributed by atoms with van der Waals surface area (Å²) in [6.45, 7) is 5.82. The molecule has 0 aliphatic carbocycles. The number of benzene rings is 2. The van der Waals surface area contributed by atoms with Gasteiger partial charge in [-0.15, -0.1) is 0 Å². The standard InChI is InChI=1S/C17H20Cl2O2P2.CH2O/c1-12(16-11-14(18)7-10-17(16)19)3-4-13-5-8-15(9-6-13)23(21)22(2)20;1-2/h5-12,20-21H,3-4H2,1-2H3;1H2. The second-order valence-electron chi connectivity index (χ2n) is 5.55. The van der Waals surface area contributed by atoms with Gasteiger partial charge < -0.3 is 14.6 Å². The molecule has 0 aliphatic heterocycles. The van der Waals surface area contributed by atoms with E-state index in [-0.39, 0.29) is 0 Å². The molecular weight excluding hydrogens is 397 g/mol. The highest BCUT2D eigenvalue weighted by Gasteiger charge is 2.14. The van der Waals surface area contributed by atoms with Crippen LogP contribution < -0.4 is 5.30 Å². The van der Waals surface area contributed by atoms with Crippen LogP contribution in [0.5, 0.6) is 0 Å². The topological polar surface area (TPSA) is 57.5 Å². The lowest BCUT2D eigenvalue weighted by Gasteiger charge is -2.15. The van der Waals surface area contributed by atoms with Gasteiger partial charge in [0.25, 0.3) is 0 Å². The third-order valence-electron chi connectivity index (χ3n) is 3.80. The molecule has 0 aliphatic rings. The number of carbonyl (C=O) groups is 1. The van der Waals surface area contributed by atoms with Crippen LogP contribution in [0.2, 0.25) is 10.0 Å². The van der Waals surface area contributed by atoms with Crippen molar-refractivity contribution in [3.05, 3.63) is 63.6 Å². The Labute approximate surface area is 161 Å². The average Bonchev–Trinajstić information content (AvgIpc) is 2.63. The molecule has 3 unspecified atom stereocenters. The molecule has 25 heavy (non-hydrogen) atoms. The predicted octanol–water partition coefficient (Wildman–Crippen LogP) is 5.49. The molecular formula is C18H22Cl2O3P2. The zero-order valence-electron chi connectivity index (χ0n) is 14.2. The Morgan fingerprint density at radius 3 is 2.24 bits per heavy atom. The van der Waals surface area contributed by atoms with Crippen LogP contribution in [0.4, 0.5) is 0 Å². The minimum absolute atomic E-state index is 0.316. The number of rotatable bonds is 6. The molecule has 2 N–H and O–H groups in total. The van der Waals surface area contributed by atoms with Crippen LogP contribution >= 0.6 is 38.9 Å². The third kappa shape index (κ3) is 6.94. The molecule has 0 saturated carbocycles. The van der Waals surface area contributed by atoms with E-state index >= 15 is 0 Å². The molecule has 0 radical (unpaired) electrons. The molecule has 2 rings (SSSR count). The fraction of sp³-hybridized carbons (Fsp3) is 0.278. The maximum absolute atomic E-state index is 9.93. The zero-order valence-corrected chi connectivity index (χ0v) is 17.5. The number of aryl methyl sites for hydroxylation is 1. The van der Waals surface area contributed by atoms with Crippen molar-refractivity contribution in [3.63, 3.8) is 0 Å². The lowest BCUT2D eigenvalue weighted by molar-refractivity contribution is -0.0979. The highest BCUT2D eigenvalue weighted by molar-refractivity contribution is 8.27. The van der Waals surface area contributed by atoms with Gasteiger partial charge in [0.1, 0.15) is 14.6 Å². The molecule has 0 saturated heterocycles. The van der Waals surface area contributed by atoms with E-state index in [1.165, 1.54) is 5.56 Å². The quantitative estimate of drug-likeness (QED) is 0.609. The maximum Gasteiger partial charge on any atom is 0.108 e. The summed E-state index contributed by atoms with van der Waals surface area (Å²) in [5.41, 5.74) is 2.28. The van der Waals surface area contributed by atoms with Gasteiger partial charge in [0.2, 0.25) is 0 Å². The zero-order chi connectivity index (χ0) is 19.0. The van der Waals surface area contributed by atoms with Crippen LogP contribution in [0, 0.1) is 0 Å². The number of halogens is 2. The molecule has 0 bridgehead atoms. The molecule has 0 heterocycles. The van der Waals surface area contributed by atoms with E-state index < -0.39 is 15.7 Å².